The summed E-state index contributed by atoms with van der Waals surface area (Å²) in [6, 6.07) is 1.71. The van der Waals surface area contributed by atoms with Crippen molar-refractivity contribution < 1.29 is 9.90 Å². The van der Waals surface area contributed by atoms with Gasteiger partial charge in [0.25, 0.3) is 0 Å². The fraction of sp³-hybridized carbons (Fsp3) is 0.615. The molecule has 1 aromatic heterocycles. The van der Waals surface area contributed by atoms with Crippen molar-refractivity contribution in [1.82, 2.24) is 4.90 Å². The Labute approximate surface area is 127 Å². The Morgan fingerprint density at radius 2 is 2.21 bits per heavy atom. The lowest BCUT2D eigenvalue weighted by molar-refractivity contribution is 0.0827. The largest absolute Gasteiger partial charge is 0.395 e. The summed E-state index contributed by atoms with van der Waals surface area (Å²) >= 11 is 13.1. The molecule has 3 nitrogen and oxygen atoms in total. The SMILES string of the molecule is O=C(CN1CCCCCC1CO)c1cc(Cl)sc1Cl. The van der Waals surface area contributed by atoms with Crippen LogP contribution >= 0.6 is 34.5 Å². The van der Waals surface area contributed by atoms with Crippen LogP contribution in [-0.2, 0) is 0 Å². The molecule has 1 atom stereocenters. The summed E-state index contributed by atoms with van der Waals surface area (Å²) in [6.07, 6.45) is 4.29. The van der Waals surface area contributed by atoms with E-state index in [1.165, 1.54) is 11.3 Å². The zero-order valence-corrected chi connectivity index (χ0v) is 12.9. The molecule has 0 amide bonds. The summed E-state index contributed by atoms with van der Waals surface area (Å²) < 4.78 is 0.980. The molecule has 1 fully saturated rings. The number of halogens is 2. The minimum absolute atomic E-state index is 0.0199. The van der Waals surface area contributed by atoms with Gasteiger partial charge in [0.05, 0.1) is 23.1 Å². The van der Waals surface area contributed by atoms with Crippen molar-refractivity contribution in [1.29, 1.82) is 0 Å². The van der Waals surface area contributed by atoms with E-state index >= 15 is 0 Å². The predicted molar refractivity (Wildman–Crippen MR) is 79.6 cm³/mol. The lowest BCUT2D eigenvalue weighted by Gasteiger charge is -2.27. The minimum atomic E-state index is -0.0199. The van der Waals surface area contributed by atoms with E-state index in [0.717, 1.165) is 32.2 Å². The third kappa shape index (κ3) is 3.92. The standard InChI is InChI=1S/C13H17Cl2NO2S/c14-12-6-10(13(15)19-12)11(18)7-16-5-3-1-2-4-9(16)8-17/h6,9,17H,1-5,7-8H2. The van der Waals surface area contributed by atoms with Crippen molar-refractivity contribution in [3.8, 4) is 0 Å². The molecule has 0 spiro atoms. The highest BCUT2D eigenvalue weighted by molar-refractivity contribution is 7.20. The van der Waals surface area contributed by atoms with Crippen LogP contribution in [0.4, 0.5) is 0 Å². The first-order chi connectivity index (χ1) is 9.11. The third-order valence-electron chi connectivity index (χ3n) is 3.51. The maximum atomic E-state index is 12.3. The topological polar surface area (TPSA) is 40.5 Å². The number of hydrogen-bond donors (Lipinski definition) is 1. The van der Waals surface area contributed by atoms with Crippen LogP contribution in [0.3, 0.4) is 0 Å². The molecule has 0 aliphatic carbocycles. The Morgan fingerprint density at radius 3 is 2.84 bits per heavy atom. The second kappa shape index (κ2) is 7.04. The molecule has 0 aromatic carbocycles. The number of ketones is 1. The summed E-state index contributed by atoms with van der Waals surface area (Å²) in [5.74, 6) is -0.0199. The van der Waals surface area contributed by atoms with Gasteiger partial charge >= 0.3 is 0 Å². The zero-order chi connectivity index (χ0) is 13.8. The first-order valence-corrected chi connectivity index (χ1v) is 8.02. The van der Waals surface area contributed by atoms with Crippen LogP contribution in [0.2, 0.25) is 8.67 Å². The van der Waals surface area contributed by atoms with E-state index in [-0.39, 0.29) is 18.4 Å². The van der Waals surface area contributed by atoms with E-state index < -0.39 is 0 Å². The normalized spacial score (nSPS) is 21.3. The molecule has 1 saturated heterocycles. The van der Waals surface area contributed by atoms with E-state index in [9.17, 15) is 9.90 Å². The molecule has 1 unspecified atom stereocenters. The number of hydrogen-bond acceptors (Lipinski definition) is 4. The van der Waals surface area contributed by atoms with Gasteiger partial charge in [0.15, 0.2) is 5.78 Å². The lowest BCUT2D eigenvalue weighted by atomic mass is 10.1. The first kappa shape index (κ1) is 15.3. The molecule has 6 heteroatoms. The van der Waals surface area contributed by atoms with Crippen molar-refractivity contribution in [3.63, 3.8) is 0 Å². The summed E-state index contributed by atoms with van der Waals surface area (Å²) in [4.78, 5) is 14.3. The number of aliphatic hydroxyl groups is 1. The number of likely N-dealkylation sites (tertiary alicyclic amines) is 1. The molecule has 1 N–H and O–H groups in total. The summed E-state index contributed by atoms with van der Waals surface area (Å²) in [6.45, 7) is 1.26. The van der Waals surface area contributed by atoms with Gasteiger partial charge < -0.3 is 5.11 Å². The van der Waals surface area contributed by atoms with Gasteiger partial charge in [-0.3, -0.25) is 9.69 Å². The lowest BCUT2D eigenvalue weighted by Crippen LogP contribution is -2.40. The Hall–Kier alpha value is -0.130. The number of carbonyl (C=O) groups is 1. The molecule has 1 aromatic rings. The van der Waals surface area contributed by atoms with Crippen molar-refractivity contribution in [2.24, 2.45) is 0 Å². The van der Waals surface area contributed by atoms with Crippen LogP contribution in [0.15, 0.2) is 6.07 Å². The molecular formula is C13H17Cl2NO2S. The summed E-state index contributed by atoms with van der Waals surface area (Å²) in [7, 11) is 0. The van der Waals surface area contributed by atoms with E-state index in [1.807, 2.05) is 0 Å². The van der Waals surface area contributed by atoms with Crippen LogP contribution in [-0.4, -0.2) is 41.5 Å². The smallest absolute Gasteiger partial charge is 0.179 e. The van der Waals surface area contributed by atoms with Crippen molar-refractivity contribution >= 4 is 40.3 Å². The highest BCUT2D eigenvalue weighted by Gasteiger charge is 2.24. The van der Waals surface area contributed by atoms with Gasteiger partial charge in [-0.05, 0) is 25.5 Å². The van der Waals surface area contributed by atoms with E-state index in [4.69, 9.17) is 23.2 Å². The van der Waals surface area contributed by atoms with Gasteiger partial charge in [-0.15, -0.1) is 11.3 Å². The minimum Gasteiger partial charge on any atom is -0.395 e. The van der Waals surface area contributed by atoms with Gasteiger partial charge in [0.2, 0.25) is 0 Å². The van der Waals surface area contributed by atoms with Crippen LogP contribution in [0.25, 0.3) is 0 Å². The van der Waals surface area contributed by atoms with Crippen molar-refractivity contribution in [2.45, 2.75) is 31.7 Å². The molecule has 0 bridgehead atoms. The van der Waals surface area contributed by atoms with Crippen molar-refractivity contribution in [2.75, 3.05) is 19.7 Å². The third-order valence-corrected chi connectivity index (χ3v) is 5.00. The molecule has 2 rings (SSSR count). The first-order valence-electron chi connectivity index (χ1n) is 6.44. The van der Waals surface area contributed by atoms with Crippen LogP contribution in [0, 0.1) is 0 Å². The molecular weight excluding hydrogens is 305 g/mol. The maximum absolute atomic E-state index is 12.3. The monoisotopic (exact) mass is 321 g/mol. The molecule has 106 valence electrons. The quantitative estimate of drug-likeness (QED) is 0.863. The van der Waals surface area contributed by atoms with E-state index in [1.54, 1.807) is 6.07 Å². The van der Waals surface area contributed by atoms with Crippen LogP contribution in [0.1, 0.15) is 36.0 Å². The molecule has 1 aliphatic heterocycles. The number of nitrogens with zero attached hydrogens (tertiary/aromatic N) is 1. The average Bonchev–Trinajstić information content (AvgIpc) is 2.60. The second-order valence-electron chi connectivity index (χ2n) is 4.82. The molecule has 0 saturated carbocycles. The van der Waals surface area contributed by atoms with Crippen LogP contribution in [0.5, 0.6) is 0 Å². The summed E-state index contributed by atoms with van der Waals surface area (Å²) in [5, 5.41) is 9.43. The van der Waals surface area contributed by atoms with Gasteiger partial charge in [-0.2, -0.15) is 0 Å². The Kier molecular flexibility index (Phi) is 5.66. The molecule has 19 heavy (non-hydrogen) atoms. The molecule has 0 radical (unpaired) electrons. The number of thiophene rings is 1. The van der Waals surface area contributed by atoms with Crippen molar-refractivity contribution in [3.05, 3.63) is 20.3 Å². The highest BCUT2D eigenvalue weighted by Crippen LogP contribution is 2.31. The van der Waals surface area contributed by atoms with E-state index in [0.29, 0.717) is 20.8 Å². The van der Waals surface area contributed by atoms with Gasteiger partial charge in [-0.1, -0.05) is 36.0 Å². The second-order valence-corrected chi connectivity index (χ2v) is 7.10. The highest BCUT2D eigenvalue weighted by atomic mass is 35.5. The van der Waals surface area contributed by atoms with Gasteiger partial charge in [0.1, 0.15) is 4.34 Å². The van der Waals surface area contributed by atoms with Gasteiger partial charge in [-0.25, -0.2) is 0 Å². The Balaban J connectivity index is 2.06. The molecule has 1 aliphatic rings. The number of rotatable bonds is 4. The Morgan fingerprint density at radius 1 is 1.42 bits per heavy atom. The fourth-order valence-corrected chi connectivity index (χ4v) is 3.95. The van der Waals surface area contributed by atoms with E-state index in [2.05, 4.69) is 4.90 Å². The summed E-state index contributed by atoms with van der Waals surface area (Å²) in [5.41, 5.74) is 0.498. The Bertz CT molecular complexity index is 450. The predicted octanol–water partition coefficient (Wildman–Crippen LogP) is 3.47. The number of carbonyl (C=O) groups excluding carboxylic acids is 1. The number of aliphatic hydroxyl groups excluding tert-OH is 1. The van der Waals surface area contributed by atoms with Gasteiger partial charge in [0, 0.05) is 6.04 Å². The number of Topliss-reactive ketones (excluding diaryl/α,β-unsaturated/α-hetero) is 1. The molecule has 2 heterocycles. The van der Waals surface area contributed by atoms with Crippen LogP contribution < -0.4 is 0 Å². The zero-order valence-electron chi connectivity index (χ0n) is 10.6. The maximum Gasteiger partial charge on any atom is 0.179 e. The fourth-order valence-electron chi connectivity index (χ4n) is 2.45. The average molecular weight is 322 g/mol.